The number of rotatable bonds is 1. The molecule has 3 N–H and O–H groups in total. The van der Waals surface area contributed by atoms with Crippen molar-refractivity contribution < 1.29 is 9.90 Å². The van der Waals surface area contributed by atoms with Crippen LogP contribution in [0.4, 0.5) is 5.69 Å². The van der Waals surface area contributed by atoms with Crippen LogP contribution in [0.5, 0.6) is 0 Å². The van der Waals surface area contributed by atoms with Crippen molar-refractivity contribution in [1.82, 2.24) is 0 Å². The second-order valence-corrected chi connectivity index (χ2v) is 1.93. The molecule has 0 amide bonds. The fourth-order valence-corrected chi connectivity index (χ4v) is 0.672. The van der Waals surface area contributed by atoms with Crippen molar-refractivity contribution >= 4 is 70.8 Å². The van der Waals surface area contributed by atoms with Crippen LogP contribution in [0.15, 0.2) is 24.3 Å². The van der Waals surface area contributed by atoms with Crippen LogP contribution in [0.1, 0.15) is 10.4 Å². The number of hydrogen-bond acceptors (Lipinski definition) is 2. The maximum atomic E-state index is 10.3. The van der Waals surface area contributed by atoms with Gasteiger partial charge in [0, 0.05) is 5.69 Å². The van der Waals surface area contributed by atoms with Crippen LogP contribution in [0.25, 0.3) is 0 Å². The van der Waals surface area contributed by atoms with Crippen molar-refractivity contribution in [2.24, 2.45) is 0 Å². The SMILES string of the molecule is Nc1cccc(C(=O)O)c1.[NaH].[NaH]. The third-order valence-corrected chi connectivity index (χ3v) is 1.13. The first-order chi connectivity index (χ1) is 4.70. The molecule has 0 aliphatic carbocycles. The number of carboxylic acids is 1. The Morgan fingerprint density at radius 3 is 2.25 bits per heavy atom. The molecule has 5 heteroatoms. The van der Waals surface area contributed by atoms with Crippen molar-refractivity contribution in [3.8, 4) is 0 Å². The van der Waals surface area contributed by atoms with Crippen LogP contribution < -0.4 is 5.73 Å². The van der Waals surface area contributed by atoms with Crippen molar-refractivity contribution in [3.05, 3.63) is 29.8 Å². The molecule has 12 heavy (non-hydrogen) atoms. The van der Waals surface area contributed by atoms with Gasteiger partial charge in [-0.25, -0.2) is 4.79 Å². The van der Waals surface area contributed by atoms with Gasteiger partial charge in [-0.1, -0.05) is 6.07 Å². The number of carbonyl (C=O) groups is 1. The molecule has 0 radical (unpaired) electrons. The summed E-state index contributed by atoms with van der Waals surface area (Å²) >= 11 is 0. The summed E-state index contributed by atoms with van der Waals surface area (Å²) in [5, 5.41) is 8.45. The quantitative estimate of drug-likeness (QED) is 0.465. The summed E-state index contributed by atoms with van der Waals surface area (Å²) < 4.78 is 0. The Morgan fingerprint density at radius 2 is 1.92 bits per heavy atom. The molecule has 1 rings (SSSR count). The molecule has 0 saturated heterocycles. The number of carboxylic acid groups (broad SMARTS) is 1. The first kappa shape index (κ1) is 15.0. The van der Waals surface area contributed by atoms with Crippen LogP contribution in [-0.2, 0) is 0 Å². The first-order valence-corrected chi connectivity index (χ1v) is 2.79. The monoisotopic (exact) mass is 185 g/mol. The Balaban J connectivity index is 0. The van der Waals surface area contributed by atoms with Gasteiger partial charge in [-0.05, 0) is 18.2 Å². The van der Waals surface area contributed by atoms with E-state index in [0.29, 0.717) is 5.69 Å². The molecule has 0 fully saturated rings. The molecule has 0 heterocycles. The van der Waals surface area contributed by atoms with E-state index >= 15 is 0 Å². The summed E-state index contributed by atoms with van der Waals surface area (Å²) in [6, 6.07) is 6.17. The second kappa shape index (κ2) is 6.95. The van der Waals surface area contributed by atoms with Gasteiger partial charge < -0.3 is 10.8 Å². The van der Waals surface area contributed by atoms with E-state index in [1.54, 1.807) is 12.1 Å². The average molecular weight is 185 g/mol. The standard InChI is InChI=1S/C7H7NO2.2Na.2H/c8-6-3-1-2-5(4-6)7(9)10;;;;/h1-4H,8H2,(H,9,10);;;;. The molecule has 0 atom stereocenters. The molecule has 0 aliphatic rings. The molecule has 0 spiro atoms. The molecule has 0 unspecified atom stereocenters. The Kier molecular flexibility index (Phi) is 8.68. The predicted molar refractivity (Wildman–Crippen MR) is 52.1 cm³/mol. The zero-order chi connectivity index (χ0) is 7.56. The van der Waals surface area contributed by atoms with Crippen molar-refractivity contribution in [2.45, 2.75) is 0 Å². The van der Waals surface area contributed by atoms with Gasteiger partial charge in [0.1, 0.15) is 0 Å². The number of nitrogens with two attached hydrogens (primary N) is 1. The molecule has 0 bridgehead atoms. The van der Waals surface area contributed by atoms with E-state index in [9.17, 15) is 4.79 Å². The maximum absolute atomic E-state index is 10.3. The molecule has 56 valence electrons. The number of anilines is 1. The Labute approximate surface area is 115 Å². The summed E-state index contributed by atoms with van der Waals surface area (Å²) in [7, 11) is 0. The number of hydrogen-bond donors (Lipinski definition) is 2. The van der Waals surface area contributed by atoms with Gasteiger partial charge in [-0.3, -0.25) is 0 Å². The van der Waals surface area contributed by atoms with Crippen LogP contribution >= 0.6 is 0 Å². The van der Waals surface area contributed by atoms with Gasteiger partial charge in [0.2, 0.25) is 0 Å². The van der Waals surface area contributed by atoms with E-state index in [1.807, 2.05) is 0 Å². The fraction of sp³-hybridized carbons (Fsp3) is 0. The minimum absolute atomic E-state index is 0. The van der Waals surface area contributed by atoms with E-state index in [4.69, 9.17) is 10.8 Å². The molecule has 3 nitrogen and oxygen atoms in total. The van der Waals surface area contributed by atoms with Gasteiger partial charge >= 0.3 is 65.1 Å². The summed E-state index contributed by atoms with van der Waals surface area (Å²) in [6.45, 7) is 0. The average Bonchev–Trinajstić information content (AvgIpc) is 1.88. The van der Waals surface area contributed by atoms with Gasteiger partial charge in [0.15, 0.2) is 0 Å². The zero-order valence-electron chi connectivity index (χ0n) is 5.24. The van der Waals surface area contributed by atoms with Gasteiger partial charge in [-0.15, -0.1) is 0 Å². The normalized spacial score (nSPS) is 7.67. The number of benzene rings is 1. The zero-order valence-corrected chi connectivity index (χ0v) is 5.24. The van der Waals surface area contributed by atoms with Crippen LogP contribution in [0.2, 0.25) is 0 Å². The van der Waals surface area contributed by atoms with Gasteiger partial charge in [0.05, 0.1) is 5.56 Å². The number of aromatic carboxylic acids is 1. The summed E-state index contributed by atoms with van der Waals surface area (Å²) in [6.07, 6.45) is 0. The topological polar surface area (TPSA) is 63.3 Å². The van der Waals surface area contributed by atoms with E-state index in [1.165, 1.54) is 12.1 Å². The first-order valence-electron chi connectivity index (χ1n) is 2.79. The van der Waals surface area contributed by atoms with Crippen LogP contribution in [0.3, 0.4) is 0 Å². The predicted octanol–water partition coefficient (Wildman–Crippen LogP) is -0.330. The third-order valence-electron chi connectivity index (χ3n) is 1.13. The molecular weight excluding hydrogens is 176 g/mol. The molecule has 0 saturated carbocycles. The molecular formula is C7H9NNa2O2. The number of nitrogen functional groups attached to an aromatic ring is 1. The minimum atomic E-state index is -0.952. The molecule has 0 aromatic heterocycles. The summed E-state index contributed by atoms with van der Waals surface area (Å²) in [4.78, 5) is 10.3. The van der Waals surface area contributed by atoms with Crippen molar-refractivity contribution in [1.29, 1.82) is 0 Å². The van der Waals surface area contributed by atoms with E-state index < -0.39 is 5.97 Å². The second-order valence-electron chi connectivity index (χ2n) is 1.93. The third kappa shape index (κ3) is 4.50. The van der Waals surface area contributed by atoms with E-state index in [2.05, 4.69) is 0 Å². The molecule has 1 aromatic carbocycles. The van der Waals surface area contributed by atoms with Gasteiger partial charge in [0.25, 0.3) is 0 Å². The van der Waals surface area contributed by atoms with Gasteiger partial charge in [-0.2, -0.15) is 0 Å². The van der Waals surface area contributed by atoms with Crippen LogP contribution in [-0.4, -0.2) is 70.2 Å². The Bertz CT molecular complexity index is 265. The van der Waals surface area contributed by atoms with E-state index in [-0.39, 0.29) is 64.7 Å². The Hall–Kier alpha value is 0.490. The Morgan fingerprint density at radius 1 is 1.33 bits per heavy atom. The van der Waals surface area contributed by atoms with E-state index in [0.717, 1.165) is 0 Å². The van der Waals surface area contributed by atoms with Crippen molar-refractivity contribution in [2.75, 3.05) is 5.73 Å². The molecule has 1 aromatic rings. The fourth-order valence-electron chi connectivity index (χ4n) is 0.672. The van der Waals surface area contributed by atoms with Crippen LogP contribution in [0, 0.1) is 0 Å². The van der Waals surface area contributed by atoms with Crippen molar-refractivity contribution in [3.63, 3.8) is 0 Å². The summed E-state index contributed by atoms with van der Waals surface area (Å²) in [5.41, 5.74) is 6.03. The summed E-state index contributed by atoms with van der Waals surface area (Å²) in [5.74, 6) is -0.952. The molecule has 0 aliphatic heterocycles.